The number of hydrogen-bond acceptors (Lipinski definition) is 5. The highest BCUT2D eigenvalue weighted by Crippen LogP contribution is 2.25. The topological polar surface area (TPSA) is 78.7 Å². The van der Waals surface area contributed by atoms with Crippen LogP contribution in [-0.2, 0) is 4.79 Å². The minimum atomic E-state index is -0.232. The number of hydrogen-bond donors (Lipinski definition) is 2. The molecule has 5 nitrogen and oxygen atoms in total. The maximum Gasteiger partial charge on any atom is 0.264 e. The summed E-state index contributed by atoms with van der Waals surface area (Å²) in [6, 6.07) is 5.60. The third-order valence-corrected chi connectivity index (χ3v) is 3.28. The predicted octanol–water partition coefficient (Wildman–Crippen LogP) is 1.77. The van der Waals surface area contributed by atoms with Crippen molar-refractivity contribution in [2.75, 3.05) is 0 Å². The van der Waals surface area contributed by atoms with Gasteiger partial charge in [0, 0.05) is 12.4 Å². The number of rotatable bonds is 1. The summed E-state index contributed by atoms with van der Waals surface area (Å²) < 4.78 is 0. The lowest BCUT2D eigenvalue weighted by Crippen LogP contribution is -2.18. The van der Waals surface area contributed by atoms with E-state index in [1.54, 1.807) is 18.5 Å². The quantitative estimate of drug-likeness (QED) is 0.762. The van der Waals surface area contributed by atoms with E-state index in [2.05, 4.69) is 15.3 Å². The van der Waals surface area contributed by atoms with Gasteiger partial charge in [0.1, 0.15) is 0 Å². The number of nitrogens with zero attached hydrogens (tertiary/aromatic N) is 2. The van der Waals surface area contributed by atoms with Crippen LogP contribution in [0.15, 0.2) is 35.5 Å². The van der Waals surface area contributed by atoms with Crippen LogP contribution in [0.25, 0.3) is 17.1 Å². The van der Waals surface area contributed by atoms with E-state index in [0.717, 1.165) is 28.4 Å². The van der Waals surface area contributed by atoms with Crippen LogP contribution >= 0.6 is 11.8 Å². The molecule has 0 saturated carbocycles. The molecule has 1 aliphatic rings. The lowest BCUT2D eigenvalue weighted by atomic mass is 10.2. The summed E-state index contributed by atoms with van der Waals surface area (Å²) in [6.45, 7) is 0. The van der Waals surface area contributed by atoms with Crippen molar-refractivity contribution < 1.29 is 4.79 Å². The van der Waals surface area contributed by atoms with Gasteiger partial charge in [-0.3, -0.25) is 20.2 Å². The Balaban J connectivity index is 2.02. The van der Waals surface area contributed by atoms with Crippen LogP contribution in [0.4, 0.5) is 0 Å². The molecule has 0 atom stereocenters. The Labute approximate surface area is 107 Å². The molecule has 1 aromatic heterocycles. The molecule has 2 heterocycles. The van der Waals surface area contributed by atoms with Gasteiger partial charge in [0.15, 0.2) is 5.17 Å². The third-order valence-electron chi connectivity index (χ3n) is 2.45. The molecular weight excluding hydrogens is 248 g/mol. The summed E-state index contributed by atoms with van der Waals surface area (Å²) in [5.74, 6) is -0.232. The van der Waals surface area contributed by atoms with Gasteiger partial charge in [-0.25, -0.2) is 0 Å². The molecule has 6 heteroatoms. The van der Waals surface area contributed by atoms with Crippen LogP contribution in [0, 0.1) is 5.41 Å². The molecule has 3 rings (SSSR count). The van der Waals surface area contributed by atoms with E-state index in [9.17, 15) is 4.79 Å². The normalized spacial score (nSPS) is 17.4. The van der Waals surface area contributed by atoms with Crippen molar-refractivity contribution in [2.45, 2.75) is 0 Å². The fourth-order valence-corrected chi connectivity index (χ4v) is 2.37. The smallest absolute Gasteiger partial charge is 0.264 e. The molecule has 2 aromatic rings. The van der Waals surface area contributed by atoms with Gasteiger partial charge in [0.25, 0.3) is 5.91 Å². The van der Waals surface area contributed by atoms with E-state index in [0.29, 0.717) is 4.91 Å². The summed E-state index contributed by atoms with van der Waals surface area (Å²) in [4.78, 5) is 20.4. The molecule has 0 radical (unpaired) electrons. The first kappa shape index (κ1) is 10.9. The van der Waals surface area contributed by atoms with E-state index >= 15 is 0 Å². The Bertz CT molecular complexity index is 695. The second-order valence-electron chi connectivity index (χ2n) is 3.70. The standard InChI is InChI=1S/C12H8N4OS/c13-12-16-11(17)10(18-12)6-7-1-2-8-9(5-7)15-4-3-14-8/h1-6H,(H2,13,16,17)/b10-6-. The van der Waals surface area contributed by atoms with Crippen LogP contribution in [0.3, 0.4) is 0 Å². The molecule has 1 amide bonds. The highest BCUT2D eigenvalue weighted by Gasteiger charge is 2.22. The highest BCUT2D eigenvalue weighted by molar-refractivity contribution is 8.18. The number of fused-ring (bicyclic) bond motifs is 1. The minimum Gasteiger partial charge on any atom is -0.301 e. The van der Waals surface area contributed by atoms with Gasteiger partial charge in [-0.1, -0.05) is 6.07 Å². The van der Waals surface area contributed by atoms with Crippen LogP contribution < -0.4 is 5.32 Å². The average molecular weight is 256 g/mol. The largest absolute Gasteiger partial charge is 0.301 e. The summed E-state index contributed by atoms with van der Waals surface area (Å²) in [7, 11) is 0. The molecule has 1 aromatic carbocycles. The van der Waals surface area contributed by atoms with Crippen LogP contribution in [-0.4, -0.2) is 21.0 Å². The monoisotopic (exact) mass is 256 g/mol. The van der Waals surface area contributed by atoms with E-state index in [1.807, 2.05) is 18.2 Å². The maximum absolute atomic E-state index is 11.5. The van der Waals surface area contributed by atoms with Crippen molar-refractivity contribution in [2.24, 2.45) is 0 Å². The average Bonchev–Trinajstić information content (AvgIpc) is 2.68. The SMILES string of the molecule is N=C1NC(=O)/C(=C/c2ccc3nccnc3c2)S1. The molecule has 2 N–H and O–H groups in total. The number of carbonyl (C=O) groups excluding carboxylic acids is 1. The number of carbonyl (C=O) groups is 1. The first-order valence-electron chi connectivity index (χ1n) is 5.22. The van der Waals surface area contributed by atoms with Gasteiger partial charge in [0.2, 0.25) is 0 Å². The molecule has 0 aliphatic carbocycles. The van der Waals surface area contributed by atoms with Crippen molar-refractivity contribution in [3.05, 3.63) is 41.1 Å². The number of amidine groups is 1. The van der Waals surface area contributed by atoms with Crippen molar-refractivity contribution in [3.63, 3.8) is 0 Å². The van der Waals surface area contributed by atoms with Gasteiger partial charge in [0.05, 0.1) is 15.9 Å². The number of benzene rings is 1. The summed E-state index contributed by atoms with van der Waals surface area (Å²) in [6.07, 6.45) is 5.02. The molecular formula is C12H8N4OS. The number of amides is 1. The van der Waals surface area contributed by atoms with Crippen LogP contribution in [0.2, 0.25) is 0 Å². The Hall–Kier alpha value is -2.21. The fraction of sp³-hybridized carbons (Fsp3) is 0. The van der Waals surface area contributed by atoms with E-state index in [-0.39, 0.29) is 11.1 Å². The zero-order valence-electron chi connectivity index (χ0n) is 9.18. The summed E-state index contributed by atoms with van der Waals surface area (Å²) >= 11 is 1.12. The predicted molar refractivity (Wildman–Crippen MR) is 71.0 cm³/mol. The number of aromatic nitrogens is 2. The van der Waals surface area contributed by atoms with E-state index < -0.39 is 0 Å². The molecule has 0 bridgehead atoms. The molecule has 1 saturated heterocycles. The Morgan fingerprint density at radius 2 is 2.00 bits per heavy atom. The van der Waals surface area contributed by atoms with Gasteiger partial charge < -0.3 is 5.32 Å². The number of nitrogens with one attached hydrogen (secondary N) is 2. The minimum absolute atomic E-state index is 0.159. The van der Waals surface area contributed by atoms with Crippen LogP contribution in [0.5, 0.6) is 0 Å². The first-order chi connectivity index (χ1) is 8.72. The highest BCUT2D eigenvalue weighted by atomic mass is 32.2. The molecule has 18 heavy (non-hydrogen) atoms. The maximum atomic E-state index is 11.5. The summed E-state index contributed by atoms with van der Waals surface area (Å²) in [5.41, 5.74) is 2.47. The number of thioether (sulfide) groups is 1. The van der Waals surface area contributed by atoms with Gasteiger partial charge in [-0.15, -0.1) is 0 Å². The van der Waals surface area contributed by atoms with Gasteiger partial charge in [-0.2, -0.15) is 0 Å². The lowest BCUT2D eigenvalue weighted by Gasteiger charge is -1.98. The van der Waals surface area contributed by atoms with Crippen molar-refractivity contribution in [3.8, 4) is 0 Å². The second-order valence-corrected chi connectivity index (χ2v) is 4.75. The molecule has 0 spiro atoms. The molecule has 1 fully saturated rings. The third kappa shape index (κ3) is 1.98. The fourth-order valence-electron chi connectivity index (χ4n) is 1.66. The lowest BCUT2D eigenvalue weighted by molar-refractivity contribution is -0.115. The zero-order valence-corrected chi connectivity index (χ0v) is 9.99. The van der Waals surface area contributed by atoms with Crippen molar-refractivity contribution >= 4 is 39.9 Å². The van der Waals surface area contributed by atoms with E-state index in [4.69, 9.17) is 5.41 Å². The second kappa shape index (κ2) is 4.23. The van der Waals surface area contributed by atoms with Crippen molar-refractivity contribution in [1.29, 1.82) is 5.41 Å². The van der Waals surface area contributed by atoms with E-state index in [1.165, 1.54) is 0 Å². The Morgan fingerprint density at radius 1 is 1.22 bits per heavy atom. The first-order valence-corrected chi connectivity index (χ1v) is 6.04. The molecule has 1 aliphatic heterocycles. The van der Waals surface area contributed by atoms with Gasteiger partial charge in [-0.05, 0) is 35.5 Å². The Kier molecular flexibility index (Phi) is 2.56. The zero-order chi connectivity index (χ0) is 12.5. The van der Waals surface area contributed by atoms with Crippen LogP contribution in [0.1, 0.15) is 5.56 Å². The molecule has 0 unspecified atom stereocenters. The Morgan fingerprint density at radius 3 is 2.72 bits per heavy atom. The van der Waals surface area contributed by atoms with Crippen molar-refractivity contribution in [1.82, 2.24) is 15.3 Å². The summed E-state index contributed by atoms with van der Waals surface area (Å²) in [5, 5.41) is 9.97. The molecule has 88 valence electrons. The van der Waals surface area contributed by atoms with Gasteiger partial charge >= 0.3 is 0 Å².